The van der Waals surface area contributed by atoms with Crippen LogP contribution in [0, 0.1) is 18.3 Å². The predicted molar refractivity (Wildman–Crippen MR) is 170 cm³/mol. The van der Waals surface area contributed by atoms with Gasteiger partial charge in [-0.15, -0.1) is 0 Å². The summed E-state index contributed by atoms with van der Waals surface area (Å²) in [6.07, 6.45) is 6.77. The summed E-state index contributed by atoms with van der Waals surface area (Å²) < 4.78 is 21.4. The first-order valence-corrected chi connectivity index (χ1v) is 13.9. The summed E-state index contributed by atoms with van der Waals surface area (Å²) in [7, 11) is 3.25. The highest BCUT2D eigenvalue weighted by Gasteiger charge is 2.21. The summed E-state index contributed by atoms with van der Waals surface area (Å²) in [6, 6.07) is 12.8. The Morgan fingerprint density at radius 3 is 2.58 bits per heavy atom. The molecule has 43 heavy (non-hydrogen) atoms. The first-order chi connectivity index (χ1) is 20.9. The molecule has 0 radical (unpaired) electrons. The lowest BCUT2D eigenvalue weighted by Gasteiger charge is -2.34. The first kappa shape index (κ1) is 32.5. The molecule has 1 saturated heterocycles. The minimum absolute atomic E-state index is 0.260. The second-order valence-electron chi connectivity index (χ2n) is 9.49. The minimum Gasteiger partial charge on any atom is -0.457 e. The molecule has 226 valence electrons. The molecule has 12 heteroatoms. The lowest BCUT2D eigenvalue weighted by atomic mass is 10.0. The first-order valence-electron chi connectivity index (χ1n) is 13.9. The molecule has 1 fully saturated rings. The molecule has 5 rings (SSSR count). The van der Waals surface area contributed by atoms with E-state index in [-0.39, 0.29) is 5.69 Å². The molecule has 5 N–H and O–H groups in total. The number of carbonyl (C=O) groups excluding carboxylic acids is 1. The van der Waals surface area contributed by atoms with E-state index in [0.717, 1.165) is 25.2 Å². The van der Waals surface area contributed by atoms with Gasteiger partial charge in [-0.3, -0.25) is 4.79 Å². The summed E-state index contributed by atoms with van der Waals surface area (Å²) >= 11 is 0. The van der Waals surface area contributed by atoms with Crippen LogP contribution in [0.25, 0.3) is 11.0 Å². The van der Waals surface area contributed by atoms with Crippen LogP contribution in [-0.4, -0.2) is 47.9 Å². The summed E-state index contributed by atoms with van der Waals surface area (Å²) in [6.45, 7) is 7.94. The molecule has 0 amide bonds. The van der Waals surface area contributed by atoms with Crippen molar-refractivity contribution in [2.24, 2.45) is 10.8 Å². The predicted octanol–water partition coefficient (Wildman–Crippen LogP) is 7.04. The van der Waals surface area contributed by atoms with Gasteiger partial charge >= 0.3 is 0 Å². The average Bonchev–Trinajstić information content (AvgIpc) is 3.05. The number of pyridine rings is 1. The summed E-state index contributed by atoms with van der Waals surface area (Å²) in [5.41, 5.74) is 14.9. The number of nitrogens with zero attached hydrogens (tertiary/aromatic N) is 5. The quantitative estimate of drug-likeness (QED) is 0.0965. The summed E-state index contributed by atoms with van der Waals surface area (Å²) in [5, 5.41) is 9.59. The topological polar surface area (TPSA) is 154 Å². The van der Waals surface area contributed by atoms with Crippen LogP contribution in [0.3, 0.4) is 0 Å². The molecular formula is C31H38FN9O2. The molecule has 0 unspecified atom stereocenters. The van der Waals surface area contributed by atoms with Gasteiger partial charge in [-0.2, -0.15) is 5.11 Å². The molecule has 11 nitrogen and oxygen atoms in total. The van der Waals surface area contributed by atoms with Crippen molar-refractivity contribution in [3.63, 3.8) is 0 Å². The van der Waals surface area contributed by atoms with E-state index in [9.17, 15) is 0 Å². The smallest absolute Gasteiger partial charge is 0.160 e. The number of nitrogens with one attached hydrogen (secondary N) is 3. The Bertz CT molecular complexity index is 1560. The summed E-state index contributed by atoms with van der Waals surface area (Å²) in [4.78, 5) is 24.9. The number of piperidine rings is 1. The van der Waals surface area contributed by atoms with Crippen LogP contribution < -0.4 is 26.0 Å². The molecular weight excluding hydrogens is 549 g/mol. The van der Waals surface area contributed by atoms with Gasteiger partial charge in [0.05, 0.1) is 16.9 Å². The Labute approximate surface area is 250 Å². The summed E-state index contributed by atoms with van der Waals surface area (Å²) in [5.74, 6) is 1.68. The number of nitrogens with two attached hydrogens (primary N) is 1. The molecule has 2 aromatic heterocycles. The van der Waals surface area contributed by atoms with Gasteiger partial charge in [0.1, 0.15) is 41.1 Å². The molecule has 3 heterocycles. The number of benzene rings is 2. The Morgan fingerprint density at radius 1 is 1.16 bits per heavy atom. The number of rotatable bonds is 8. The van der Waals surface area contributed by atoms with Crippen LogP contribution in [0.15, 0.2) is 66.6 Å². The number of allylic oxidation sites excluding steroid dienone is 1. The molecule has 0 spiro atoms. The van der Waals surface area contributed by atoms with Crippen LogP contribution in [0.1, 0.15) is 31.7 Å². The fraction of sp³-hybridized carbons (Fsp3) is 0.290. The third-order valence-electron chi connectivity index (χ3n) is 6.84. The number of halogens is 1. The van der Waals surface area contributed by atoms with E-state index < -0.39 is 5.82 Å². The maximum Gasteiger partial charge on any atom is 0.160 e. The van der Waals surface area contributed by atoms with Gasteiger partial charge < -0.3 is 26.0 Å². The molecule has 1 aliphatic rings. The Morgan fingerprint density at radius 2 is 1.91 bits per heavy atom. The van der Waals surface area contributed by atoms with Gasteiger partial charge in [-0.05, 0) is 82.6 Å². The normalized spacial score (nSPS) is 13.9. The van der Waals surface area contributed by atoms with Crippen molar-refractivity contribution in [2.75, 3.05) is 36.2 Å². The van der Waals surface area contributed by atoms with Crippen LogP contribution in [0.5, 0.6) is 11.5 Å². The number of hydrogen-bond acceptors (Lipinski definition) is 11. The van der Waals surface area contributed by atoms with Gasteiger partial charge in [0.25, 0.3) is 0 Å². The van der Waals surface area contributed by atoms with Gasteiger partial charge in [0.15, 0.2) is 11.6 Å². The van der Waals surface area contributed by atoms with Gasteiger partial charge in [-0.1, -0.05) is 6.58 Å². The fourth-order valence-electron chi connectivity index (χ4n) is 4.63. The Kier molecular flexibility index (Phi) is 12.0. The lowest BCUT2D eigenvalue weighted by molar-refractivity contribution is -0.104. The maximum absolute atomic E-state index is 15.5. The van der Waals surface area contributed by atoms with E-state index in [1.54, 1.807) is 44.3 Å². The van der Waals surface area contributed by atoms with Crippen LogP contribution >= 0.6 is 0 Å². The van der Waals surface area contributed by atoms with Gasteiger partial charge in [0, 0.05) is 31.3 Å². The molecule has 0 aliphatic carbocycles. The van der Waals surface area contributed by atoms with Gasteiger partial charge in [-0.25, -0.2) is 24.9 Å². The van der Waals surface area contributed by atoms with E-state index in [1.807, 2.05) is 12.1 Å². The van der Waals surface area contributed by atoms with E-state index in [1.165, 1.54) is 25.9 Å². The standard InChI is InChI=1S/C27H29FN8O.C3H4O.CH5N/c1-16-6-4-5-13-36(16)24-12-10-21-26(34-24)27(32-15-31-21)33-20-9-11-23(17(2)25(20)28)37-18-7-8-19(30-3)22(14-18)35-29;1-2-3-4;1-2/h7-12,14-16,29-30H,4-6,13H2,1-3H3,(H,31,32,33);2-3H,1H2;2H2,1H3/t16-;;/m1../s1. The number of aldehydes is 1. The zero-order chi connectivity index (χ0) is 31.4. The van der Waals surface area contributed by atoms with E-state index in [0.29, 0.717) is 57.6 Å². The lowest BCUT2D eigenvalue weighted by Crippen LogP contribution is -2.37. The number of carbonyl (C=O) groups is 1. The van der Waals surface area contributed by atoms with E-state index in [4.69, 9.17) is 20.0 Å². The van der Waals surface area contributed by atoms with E-state index in [2.05, 4.69) is 49.9 Å². The maximum atomic E-state index is 15.5. The number of ether oxygens (including phenoxy) is 1. The van der Waals surface area contributed by atoms with Crippen molar-refractivity contribution < 1.29 is 13.9 Å². The average molecular weight is 588 g/mol. The highest BCUT2D eigenvalue weighted by Crippen LogP contribution is 2.36. The Balaban J connectivity index is 0.000000780. The van der Waals surface area contributed by atoms with Crippen molar-refractivity contribution in [3.8, 4) is 11.5 Å². The highest BCUT2D eigenvalue weighted by molar-refractivity contribution is 5.88. The van der Waals surface area contributed by atoms with Gasteiger partial charge in [0.2, 0.25) is 0 Å². The molecule has 4 aromatic rings. The van der Waals surface area contributed by atoms with Crippen molar-refractivity contribution >= 4 is 46.0 Å². The molecule has 2 aromatic carbocycles. The third kappa shape index (κ3) is 7.86. The third-order valence-corrected chi connectivity index (χ3v) is 6.84. The number of fused-ring (bicyclic) bond motifs is 1. The number of aromatic nitrogens is 3. The van der Waals surface area contributed by atoms with Crippen molar-refractivity contribution in [3.05, 3.63) is 72.8 Å². The highest BCUT2D eigenvalue weighted by atomic mass is 19.1. The van der Waals surface area contributed by atoms with Crippen molar-refractivity contribution in [1.82, 2.24) is 15.0 Å². The Hall–Kier alpha value is -4.97. The second kappa shape index (κ2) is 15.9. The monoisotopic (exact) mass is 587 g/mol. The minimum atomic E-state index is -0.456. The van der Waals surface area contributed by atoms with Crippen LogP contribution in [0.2, 0.25) is 0 Å². The van der Waals surface area contributed by atoms with Crippen LogP contribution in [0.4, 0.5) is 33.1 Å². The molecule has 1 aliphatic heterocycles. The molecule has 1 atom stereocenters. The zero-order valence-electron chi connectivity index (χ0n) is 24.9. The molecule has 0 bridgehead atoms. The second-order valence-corrected chi connectivity index (χ2v) is 9.49. The zero-order valence-corrected chi connectivity index (χ0v) is 24.9. The number of anilines is 4. The van der Waals surface area contributed by atoms with Crippen molar-refractivity contribution in [1.29, 1.82) is 5.53 Å². The van der Waals surface area contributed by atoms with Crippen molar-refractivity contribution in [2.45, 2.75) is 39.2 Å². The largest absolute Gasteiger partial charge is 0.457 e. The van der Waals surface area contributed by atoms with Crippen LogP contribution in [-0.2, 0) is 4.79 Å². The SMILES string of the molecule is C=CC=O.CN.CNc1ccc(Oc2ccc(Nc3ncnc4ccc(N5CCCC[C@H]5C)nc34)c(F)c2C)cc1N=N. The fourth-order valence-corrected chi connectivity index (χ4v) is 4.63. The van der Waals surface area contributed by atoms with E-state index >= 15 is 4.39 Å². The molecule has 0 saturated carbocycles. The number of hydrogen-bond donors (Lipinski definition) is 4.